The minimum Gasteiger partial charge on any atom is -0.494 e. The molecule has 0 aliphatic carbocycles. The Morgan fingerprint density at radius 2 is 1.85 bits per heavy atom. The largest absolute Gasteiger partial charge is 0.494 e. The van der Waals surface area contributed by atoms with Gasteiger partial charge in [0, 0.05) is 5.69 Å². The van der Waals surface area contributed by atoms with Crippen LogP contribution in [0.15, 0.2) is 42.5 Å². The van der Waals surface area contributed by atoms with Crippen molar-refractivity contribution in [3.05, 3.63) is 59.4 Å². The van der Waals surface area contributed by atoms with Gasteiger partial charge in [0.15, 0.2) is 0 Å². The molecule has 2 aromatic rings. The maximum Gasteiger partial charge on any atom is 0.327 e. The highest BCUT2D eigenvalue weighted by Crippen LogP contribution is 2.19. The van der Waals surface area contributed by atoms with Crippen molar-refractivity contribution in [3.8, 4) is 5.75 Å². The lowest BCUT2D eigenvalue weighted by Crippen LogP contribution is -2.35. The molecular formula is C20H23FN2O4. The number of nitrogens with one attached hydrogen (secondary N) is 2. The van der Waals surface area contributed by atoms with Gasteiger partial charge in [-0.1, -0.05) is 12.1 Å². The number of ether oxygens (including phenoxy) is 2. The molecule has 27 heavy (non-hydrogen) atoms. The van der Waals surface area contributed by atoms with E-state index in [1.807, 2.05) is 6.92 Å². The molecule has 0 saturated heterocycles. The first-order chi connectivity index (χ1) is 12.9. The first kappa shape index (κ1) is 20.4. The van der Waals surface area contributed by atoms with E-state index in [0.717, 1.165) is 0 Å². The summed E-state index contributed by atoms with van der Waals surface area (Å²) in [6.45, 7) is 3.93. The molecule has 1 amide bonds. The number of methoxy groups -OCH3 is 1. The molecule has 0 unspecified atom stereocenters. The zero-order chi connectivity index (χ0) is 19.8. The SMILES string of the molecule is CCOc1ccc(NC(=O)CN[C@H](C(=O)OC)c2ccc(F)c(C)c2)cc1. The predicted molar refractivity (Wildman–Crippen MR) is 100 cm³/mol. The smallest absolute Gasteiger partial charge is 0.327 e. The second-order valence-corrected chi connectivity index (χ2v) is 5.85. The van der Waals surface area contributed by atoms with Crippen LogP contribution in [-0.4, -0.2) is 32.1 Å². The monoisotopic (exact) mass is 374 g/mol. The van der Waals surface area contributed by atoms with Gasteiger partial charge in [-0.15, -0.1) is 0 Å². The molecule has 0 aliphatic heterocycles. The third kappa shape index (κ3) is 5.79. The van der Waals surface area contributed by atoms with Crippen LogP contribution < -0.4 is 15.4 Å². The van der Waals surface area contributed by atoms with Crippen LogP contribution >= 0.6 is 0 Å². The van der Waals surface area contributed by atoms with Crippen molar-refractivity contribution in [3.63, 3.8) is 0 Å². The molecule has 0 aliphatic rings. The number of esters is 1. The van der Waals surface area contributed by atoms with Gasteiger partial charge in [0.2, 0.25) is 5.91 Å². The molecule has 7 heteroatoms. The number of hydrogen-bond acceptors (Lipinski definition) is 5. The molecular weight excluding hydrogens is 351 g/mol. The van der Waals surface area contributed by atoms with Gasteiger partial charge in [-0.2, -0.15) is 0 Å². The van der Waals surface area contributed by atoms with Crippen molar-refractivity contribution < 1.29 is 23.5 Å². The number of anilines is 1. The highest BCUT2D eigenvalue weighted by Gasteiger charge is 2.22. The van der Waals surface area contributed by atoms with Gasteiger partial charge in [-0.25, -0.2) is 9.18 Å². The van der Waals surface area contributed by atoms with E-state index in [1.165, 1.54) is 19.2 Å². The molecule has 0 saturated carbocycles. The fraction of sp³-hybridized carbons (Fsp3) is 0.300. The van der Waals surface area contributed by atoms with Crippen LogP contribution in [0.3, 0.4) is 0 Å². The first-order valence-electron chi connectivity index (χ1n) is 8.54. The summed E-state index contributed by atoms with van der Waals surface area (Å²) in [7, 11) is 1.26. The summed E-state index contributed by atoms with van der Waals surface area (Å²) in [4.78, 5) is 24.2. The van der Waals surface area contributed by atoms with Gasteiger partial charge in [0.25, 0.3) is 0 Å². The Balaban J connectivity index is 2.00. The standard InChI is InChI=1S/C20H23FN2O4/c1-4-27-16-8-6-15(7-9-16)23-18(24)12-22-19(20(25)26-3)14-5-10-17(21)13(2)11-14/h5-11,19,22H,4,12H2,1-3H3,(H,23,24)/t19-/m0/s1. The maximum atomic E-state index is 13.5. The van der Waals surface area contributed by atoms with Crippen LogP contribution in [0.5, 0.6) is 5.75 Å². The van der Waals surface area contributed by atoms with Gasteiger partial charge in [-0.3, -0.25) is 10.1 Å². The summed E-state index contributed by atoms with van der Waals surface area (Å²) in [5.41, 5.74) is 1.54. The molecule has 2 rings (SSSR count). The number of hydrogen-bond donors (Lipinski definition) is 2. The highest BCUT2D eigenvalue weighted by molar-refractivity contribution is 5.92. The van der Waals surface area contributed by atoms with Crippen LogP contribution in [0.25, 0.3) is 0 Å². The van der Waals surface area contributed by atoms with Crippen molar-refractivity contribution in [2.24, 2.45) is 0 Å². The second kappa shape index (κ2) is 9.68. The van der Waals surface area contributed by atoms with Crippen LogP contribution in [0.4, 0.5) is 10.1 Å². The summed E-state index contributed by atoms with van der Waals surface area (Å²) in [5.74, 6) is -0.538. The quantitative estimate of drug-likeness (QED) is 0.695. The Morgan fingerprint density at radius 1 is 1.15 bits per heavy atom. The summed E-state index contributed by atoms with van der Waals surface area (Å²) < 4.78 is 23.6. The zero-order valence-corrected chi connectivity index (χ0v) is 15.5. The van der Waals surface area contributed by atoms with Gasteiger partial charge >= 0.3 is 5.97 Å². The van der Waals surface area contributed by atoms with E-state index < -0.39 is 12.0 Å². The van der Waals surface area contributed by atoms with E-state index in [0.29, 0.717) is 29.2 Å². The minimum atomic E-state index is -0.875. The minimum absolute atomic E-state index is 0.122. The molecule has 0 heterocycles. The number of rotatable bonds is 8. The van der Waals surface area contributed by atoms with Crippen molar-refractivity contribution in [2.75, 3.05) is 25.6 Å². The Kier molecular flexibility index (Phi) is 7.31. The summed E-state index contributed by atoms with van der Waals surface area (Å²) in [6.07, 6.45) is 0. The summed E-state index contributed by atoms with van der Waals surface area (Å²) >= 11 is 0. The van der Waals surface area contributed by atoms with E-state index in [1.54, 1.807) is 37.3 Å². The predicted octanol–water partition coefficient (Wildman–Crippen LogP) is 2.98. The molecule has 2 aromatic carbocycles. The number of benzene rings is 2. The lowest BCUT2D eigenvalue weighted by atomic mass is 10.0. The van der Waals surface area contributed by atoms with Crippen molar-refractivity contribution in [1.82, 2.24) is 5.32 Å². The number of halogens is 1. The lowest BCUT2D eigenvalue weighted by molar-refractivity contribution is -0.143. The van der Waals surface area contributed by atoms with E-state index >= 15 is 0 Å². The van der Waals surface area contributed by atoms with Gasteiger partial charge in [-0.05, 0) is 55.3 Å². The molecule has 0 radical (unpaired) electrons. The molecule has 2 N–H and O–H groups in total. The highest BCUT2D eigenvalue weighted by atomic mass is 19.1. The third-order valence-electron chi connectivity index (χ3n) is 3.87. The lowest BCUT2D eigenvalue weighted by Gasteiger charge is -2.17. The Hall–Kier alpha value is -2.93. The van der Waals surface area contributed by atoms with Crippen LogP contribution in [0, 0.1) is 12.7 Å². The number of aryl methyl sites for hydroxylation is 1. The van der Waals surface area contributed by atoms with Crippen LogP contribution in [0.1, 0.15) is 24.1 Å². The molecule has 144 valence electrons. The van der Waals surface area contributed by atoms with E-state index in [-0.39, 0.29) is 18.3 Å². The second-order valence-electron chi connectivity index (χ2n) is 5.85. The summed E-state index contributed by atoms with van der Waals surface area (Å²) in [6, 6.07) is 10.4. The van der Waals surface area contributed by atoms with Crippen molar-refractivity contribution in [1.29, 1.82) is 0 Å². The Labute approximate surface area is 157 Å². The molecule has 0 spiro atoms. The fourth-order valence-corrected chi connectivity index (χ4v) is 2.50. The molecule has 0 aromatic heterocycles. The Morgan fingerprint density at radius 3 is 2.44 bits per heavy atom. The zero-order valence-electron chi connectivity index (χ0n) is 15.5. The Bertz CT molecular complexity index is 793. The molecule has 0 bridgehead atoms. The van der Waals surface area contributed by atoms with Crippen LogP contribution in [0.2, 0.25) is 0 Å². The average molecular weight is 374 g/mol. The van der Waals surface area contributed by atoms with Gasteiger partial charge in [0.05, 0.1) is 20.3 Å². The molecule has 6 nitrogen and oxygen atoms in total. The normalized spacial score (nSPS) is 11.6. The topological polar surface area (TPSA) is 76.7 Å². The fourth-order valence-electron chi connectivity index (χ4n) is 2.50. The number of amides is 1. The van der Waals surface area contributed by atoms with Crippen molar-refractivity contribution in [2.45, 2.75) is 19.9 Å². The van der Waals surface area contributed by atoms with Crippen molar-refractivity contribution >= 4 is 17.6 Å². The average Bonchev–Trinajstić information content (AvgIpc) is 2.66. The van der Waals surface area contributed by atoms with E-state index in [2.05, 4.69) is 10.6 Å². The number of carbonyl (C=O) groups is 2. The maximum absolute atomic E-state index is 13.5. The van der Waals surface area contributed by atoms with Gasteiger partial charge < -0.3 is 14.8 Å². The third-order valence-corrected chi connectivity index (χ3v) is 3.87. The molecule has 0 fully saturated rings. The van der Waals surface area contributed by atoms with E-state index in [4.69, 9.17) is 9.47 Å². The number of carbonyl (C=O) groups excluding carboxylic acids is 2. The van der Waals surface area contributed by atoms with E-state index in [9.17, 15) is 14.0 Å². The van der Waals surface area contributed by atoms with Gasteiger partial charge in [0.1, 0.15) is 17.6 Å². The van der Waals surface area contributed by atoms with Crippen LogP contribution in [-0.2, 0) is 14.3 Å². The molecule has 1 atom stereocenters. The first-order valence-corrected chi connectivity index (χ1v) is 8.54. The summed E-state index contributed by atoms with van der Waals surface area (Å²) in [5, 5.41) is 5.58.